The highest BCUT2D eigenvalue weighted by atomic mass is 16.5. The van der Waals surface area contributed by atoms with Crippen molar-refractivity contribution in [3.05, 3.63) is 35.9 Å². The van der Waals surface area contributed by atoms with Gasteiger partial charge in [0.15, 0.2) is 11.8 Å². The Hall–Kier alpha value is -2.70. The Morgan fingerprint density at radius 2 is 1.67 bits per heavy atom. The number of Topliss-reactive ketones (excluding diaryl/α,β-unsaturated/α-hetero) is 1. The van der Waals surface area contributed by atoms with E-state index in [1.54, 1.807) is 18.2 Å². The number of methoxy groups -OCH3 is 2. The van der Waals surface area contributed by atoms with Gasteiger partial charge in [-0.3, -0.25) is 14.4 Å². The molecule has 1 aromatic carbocycles. The Morgan fingerprint density at radius 3 is 2.19 bits per heavy atom. The minimum atomic E-state index is -1.55. The van der Waals surface area contributed by atoms with E-state index in [2.05, 4.69) is 14.8 Å². The number of ether oxygens (including phenoxy) is 2. The molecule has 0 aromatic heterocycles. The molecule has 1 atom stereocenters. The van der Waals surface area contributed by atoms with Crippen LogP contribution in [0.2, 0.25) is 0 Å². The van der Waals surface area contributed by atoms with Gasteiger partial charge in [-0.15, -0.1) is 0 Å². The Bertz CT molecular complexity index is 540. The molecule has 0 unspecified atom stereocenters. The van der Waals surface area contributed by atoms with Gasteiger partial charge in [-0.25, -0.2) is 4.79 Å². The molecule has 21 heavy (non-hydrogen) atoms. The molecule has 7 heteroatoms. The molecule has 0 spiro atoms. The van der Waals surface area contributed by atoms with Crippen LogP contribution in [0.25, 0.3) is 0 Å². The van der Waals surface area contributed by atoms with E-state index in [0.29, 0.717) is 0 Å². The number of hydrogen-bond donors (Lipinski definition) is 1. The predicted molar refractivity (Wildman–Crippen MR) is 71.4 cm³/mol. The largest absolute Gasteiger partial charge is 0.469 e. The van der Waals surface area contributed by atoms with Crippen LogP contribution in [0, 0.1) is 0 Å². The minimum Gasteiger partial charge on any atom is -0.469 e. The third-order valence-electron chi connectivity index (χ3n) is 2.62. The van der Waals surface area contributed by atoms with Crippen molar-refractivity contribution in [1.82, 2.24) is 5.32 Å². The summed E-state index contributed by atoms with van der Waals surface area (Å²) < 4.78 is 8.81. The molecular weight excluding hydrogens is 278 g/mol. The molecule has 112 valence electrons. The maximum atomic E-state index is 11.9. The molecule has 0 aliphatic heterocycles. The van der Waals surface area contributed by atoms with Gasteiger partial charge in [-0.2, -0.15) is 0 Å². The second kappa shape index (κ2) is 7.78. The highest BCUT2D eigenvalue weighted by molar-refractivity contribution is 6.12. The number of benzene rings is 1. The molecule has 0 saturated heterocycles. The Morgan fingerprint density at radius 1 is 1.05 bits per heavy atom. The van der Waals surface area contributed by atoms with Gasteiger partial charge >= 0.3 is 11.9 Å². The summed E-state index contributed by atoms with van der Waals surface area (Å²) in [6.45, 7) is 0. The number of carbonyl (C=O) groups excluding carboxylic acids is 4. The minimum absolute atomic E-state index is 0.275. The Kier molecular flexibility index (Phi) is 6.06. The van der Waals surface area contributed by atoms with Crippen LogP contribution in [-0.2, 0) is 23.9 Å². The van der Waals surface area contributed by atoms with E-state index in [1.807, 2.05) is 0 Å². The molecule has 0 heterocycles. The van der Waals surface area contributed by atoms with Gasteiger partial charge in [0.05, 0.1) is 14.2 Å². The van der Waals surface area contributed by atoms with E-state index in [-0.39, 0.29) is 5.56 Å². The van der Waals surface area contributed by atoms with E-state index in [4.69, 9.17) is 0 Å². The summed E-state index contributed by atoms with van der Waals surface area (Å²) in [6, 6.07) is 6.48. The quantitative estimate of drug-likeness (QED) is 0.589. The smallest absolute Gasteiger partial charge is 0.336 e. The van der Waals surface area contributed by atoms with Gasteiger partial charge in [-0.05, 0) is 12.1 Å². The molecule has 0 aliphatic carbocycles. The van der Waals surface area contributed by atoms with Crippen LogP contribution >= 0.6 is 0 Å². The lowest BCUT2D eigenvalue weighted by Gasteiger charge is -2.15. The topological polar surface area (TPSA) is 98.8 Å². The van der Waals surface area contributed by atoms with Crippen molar-refractivity contribution < 1.29 is 28.7 Å². The lowest BCUT2D eigenvalue weighted by molar-refractivity contribution is -0.148. The summed E-state index contributed by atoms with van der Waals surface area (Å²) in [5.74, 6) is -3.18. The van der Waals surface area contributed by atoms with Crippen LogP contribution < -0.4 is 5.32 Å². The van der Waals surface area contributed by atoms with Crippen LogP contribution in [-0.4, -0.2) is 43.9 Å². The SMILES string of the molecule is COC(=O)CC(=O)[C@H](NC(=O)c1ccccc1)C(=O)OC. The summed E-state index contributed by atoms with van der Waals surface area (Å²) >= 11 is 0. The highest BCUT2D eigenvalue weighted by Gasteiger charge is 2.31. The average Bonchev–Trinajstić information content (AvgIpc) is 2.52. The Balaban J connectivity index is 2.84. The normalized spacial score (nSPS) is 11.1. The van der Waals surface area contributed by atoms with Gasteiger partial charge < -0.3 is 14.8 Å². The average molecular weight is 293 g/mol. The monoisotopic (exact) mass is 293 g/mol. The maximum absolute atomic E-state index is 11.9. The number of rotatable bonds is 6. The molecule has 1 rings (SSSR count). The maximum Gasteiger partial charge on any atom is 0.336 e. The molecule has 7 nitrogen and oxygen atoms in total. The molecule has 1 N–H and O–H groups in total. The van der Waals surface area contributed by atoms with Crippen molar-refractivity contribution in [1.29, 1.82) is 0 Å². The van der Waals surface area contributed by atoms with E-state index in [0.717, 1.165) is 14.2 Å². The first kappa shape index (κ1) is 16.4. The van der Waals surface area contributed by atoms with E-state index < -0.39 is 36.1 Å². The van der Waals surface area contributed by atoms with Crippen LogP contribution in [0.1, 0.15) is 16.8 Å². The fraction of sp³-hybridized carbons (Fsp3) is 0.286. The summed E-state index contributed by atoms with van der Waals surface area (Å²) in [7, 11) is 2.20. The first-order valence-corrected chi connectivity index (χ1v) is 6.03. The van der Waals surface area contributed by atoms with Crippen LogP contribution in [0.5, 0.6) is 0 Å². The molecule has 0 aliphatic rings. The van der Waals surface area contributed by atoms with E-state index >= 15 is 0 Å². The van der Waals surface area contributed by atoms with Gasteiger partial charge in [0.1, 0.15) is 6.42 Å². The standard InChI is InChI=1S/C14H15NO6/c1-20-11(17)8-10(16)12(14(19)21-2)15-13(18)9-6-4-3-5-7-9/h3-7,12H,8H2,1-2H3,(H,15,18)/t12-/m0/s1. The van der Waals surface area contributed by atoms with Crippen LogP contribution in [0.4, 0.5) is 0 Å². The van der Waals surface area contributed by atoms with Gasteiger partial charge in [-0.1, -0.05) is 18.2 Å². The zero-order chi connectivity index (χ0) is 15.8. The van der Waals surface area contributed by atoms with Crippen LogP contribution in [0.15, 0.2) is 30.3 Å². The molecule has 0 bridgehead atoms. The fourth-order valence-electron chi connectivity index (χ4n) is 1.51. The van der Waals surface area contributed by atoms with Crippen molar-refractivity contribution in [2.24, 2.45) is 0 Å². The molecule has 0 saturated carbocycles. The van der Waals surface area contributed by atoms with Gasteiger partial charge in [0.25, 0.3) is 5.91 Å². The van der Waals surface area contributed by atoms with Crippen molar-refractivity contribution in [3.8, 4) is 0 Å². The summed E-state index contributed by atoms with van der Waals surface area (Å²) in [5.41, 5.74) is 0.275. The molecule has 0 radical (unpaired) electrons. The summed E-state index contributed by atoms with van der Waals surface area (Å²) in [5, 5.41) is 2.24. The zero-order valence-electron chi connectivity index (χ0n) is 11.6. The molecule has 1 aromatic rings. The fourth-order valence-corrected chi connectivity index (χ4v) is 1.51. The number of nitrogens with one attached hydrogen (secondary N) is 1. The second-order valence-corrected chi connectivity index (χ2v) is 4.01. The van der Waals surface area contributed by atoms with E-state index in [9.17, 15) is 19.2 Å². The Labute approximate surface area is 121 Å². The van der Waals surface area contributed by atoms with Crippen LogP contribution in [0.3, 0.4) is 0 Å². The molecule has 0 fully saturated rings. The lowest BCUT2D eigenvalue weighted by atomic mass is 10.1. The van der Waals surface area contributed by atoms with E-state index in [1.165, 1.54) is 12.1 Å². The number of hydrogen-bond acceptors (Lipinski definition) is 6. The van der Waals surface area contributed by atoms with Gasteiger partial charge in [0.2, 0.25) is 0 Å². The summed E-state index contributed by atoms with van der Waals surface area (Å²) in [6.07, 6.45) is -0.634. The molecular formula is C14H15NO6. The number of amides is 1. The third kappa shape index (κ3) is 4.72. The molecule has 1 amide bonds. The first-order valence-electron chi connectivity index (χ1n) is 6.03. The van der Waals surface area contributed by atoms with Crippen molar-refractivity contribution >= 4 is 23.6 Å². The van der Waals surface area contributed by atoms with Crippen molar-refractivity contribution in [2.75, 3.05) is 14.2 Å². The second-order valence-electron chi connectivity index (χ2n) is 4.01. The summed E-state index contributed by atoms with van der Waals surface area (Å²) in [4.78, 5) is 46.5. The highest BCUT2D eigenvalue weighted by Crippen LogP contribution is 2.02. The number of carbonyl (C=O) groups is 4. The lowest BCUT2D eigenvalue weighted by Crippen LogP contribution is -2.47. The predicted octanol–water partition coefficient (Wildman–Crippen LogP) is 0.0902. The first-order chi connectivity index (χ1) is 9.99. The number of ketones is 1. The zero-order valence-corrected chi connectivity index (χ0v) is 11.6. The van der Waals surface area contributed by atoms with Crippen molar-refractivity contribution in [2.45, 2.75) is 12.5 Å². The van der Waals surface area contributed by atoms with Gasteiger partial charge in [0, 0.05) is 5.56 Å². The third-order valence-corrected chi connectivity index (χ3v) is 2.62. The number of esters is 2. The van der Waals surface area contributed by atoms with Crippen molar-refractivity contribution in [3.63, 3.8) is 0 Å².